The van der Waals surface area contributed by atoms with Crippen molar-refractivity contribution in [2.24, 2.45) is 5.92 Å². The molecule has 6 nitrogen and oxygen atoms in total. The van der Waals surface area contributed by atoms with Crippen molar-refractivity contribution in [2.45, 2.75) is 26.3 Å². The Kier molecular flexibility index (Phi) is 7.12. The Labute approximate surface area is 136 Å². The minimum absolute atomic E-state index is 0.218. The normalized spacial score (nSPS) is 11.7. The Morgan fingerprint density at radius 1 is 1.35 bits per heavy atom. The number of hydrogen-bond acceptors (Lipinski definition) is 4. The van der Waals surface area contributed by atoms with E-state index in [1.807, 2.05) is 12.1 Å². The van der Waals surface area contributed by atoms with Crippen LogP contribution in [0.4, 0.5) is 0 Å². The molecule has 1 amide bonds. The molecule has 0 radical (unpaired) electrons. The summed E-state index contributed by atoms with van der Waals surface area (Å²) in [5.41, 5.74) is 1.01. The molecule has 0 aliphatic carbocycles. The van der Waals surface area contributed by atoms with Gasteiger partial charge in [0, 0.05) is 0 Å². The number of ether oxygens (including phenoxy) is 2. The Bertz CT molecular complexity index is 568. The maximum Gasteiger partial charge on any atom is 0.326 e. The molecule has 0 bridgehead atoms. The van der Waals surface area contributed by atoms with Gasteiger partial charge in [0.05, 0.1) is 7.11 Å². The molecule has 6 heteroatoms. The molecule has 0 aliphatic rings. The van der Waals surface area contributed by atoms with Crippen molar-refractivity contribution in [2.75, 3.05) is 13.7 Å². The molecule has 2 N–H and O–H groups in total. The van der Waals surface area contributed by atoms with E-state index in [0.717, 1.165) is 5.56 Å². The van der Waals surface area contributed by atoms with Gasteiger partial charge < -0.3 is 19.9 Å². The van der Waals surface area contributed by atoms with Crippen molar-refractivity contribution in [1.82, 2.24) is 5.32 Å². The summed E-state index contributed by atoms with van der Waals surface area (Å²) in [6.45, 7) is 6.84. The van der Waals surface area contributed by atoms with E-state index in [-0.39, 0.29) is 12.5 Å². The summed E-state index contributed by atoms with van der Waals surface area (Å²) in [5.74, 6) is -0.852. The summed E-state index contributed by atoms with van der Waals surface area (Å²) in [5, 5.41) is 11.5. The number of carboxylic acid groups (broad SMARTS) is 1. The van der Waals surface area contributed by atoms with E-state index >= 15 is 0 Å². The van der Waals surface area contributed by atoms with Crippen molar-refractivity contribution >= 4 is 11.9 Å². The number of allylic oxidation sites excluding steroid dienone is 1. The molecule has 1 rings (SSSR count). The fourth-order valence-electron chi connectivity index (χ4n) is 2.00. The summed E-state index contributed by atoms with van der Waals surface area (Å²) in [4.78, 5) is 22.9. The van der Waals surface area contributed by atoms with Crippen molar-refractivity contribution in [3.63, 3.8) is 0 Å². The van der Waals surface area contributed by atoms with Gasteiger partial charge in [-0.3, -0.25) is 4.79 Å². The van der Waals surface area contributed by atoms with Gasteiger partial charge in [-0.25, -0.2) is 4.79 Å². The lowest BCUT2D eigenvalue weighted by molar-refractivity contribution is -0.143. The zero-order valence-corrected chi connectivity index (χ0v) is 13.7. The van der Waals surface area contributed by atoms with Gasteiger partial charge in [-0.15, -0.1) is 6.58 Å². The van der Waals surface area contributed by atoms with Gasteiger partial charge in [-0.1, -0.05) is 26.0 Å². The Balaban J connectivity index is 2.68. The minimum Gasteiger partial charge on any atom is -0.493 e. The molecule has 0 aliphatic heterocycles. The maximum absolute atomic E-state index is 11.9. The number of aliphatic carboxylic acids is 1. The molecule has 23 heavy (non-hydrogen) atoms. The average Bonchev–Trinajstić information content (AvgIpc) is 2.50. The highest BCUT2D eigenvalue weighted by atomic mass is 16.5. The first-order valence-corrected chi connectivity index (χ1v) is 7.31. The first-order valence-electron chi connectivity index (χ1n) is 7.31. The molecule has 1 aromatic carbocycles. The van der Waals surface area contributed by atoms with Crippen molar-refractivity contribution in [1.29, 1.82) is 0 Å². The Morgan fingerprint density at radius 3 is 2.57 bits per heavy atom. The van der Waals surface area contributed by atoms with Crippen LogP contribution in [0.2, 0.25) is 0 Å². The fourth-order valence-corrected chi connectivity index (χ4v) is 2.00. The molecule has 0 heterocycles. The lowest BCUT2D eigenvalue weighted by Crippen LogP contribution is -2.46. The van der Waals surface area contributed by atoms with Gasteiger partial charge in [-0.05, 0) is 30.0 Å². The van der Waals surface area contributed by atoms with Crippen LogP contribution < -0.4 is 14.8 Å². The van der Waals surface area contributed by atoms with Crippen molar-refractivity contribution in [3.8, 4) is 11.5 Å². The zero-order valence-electron chi connectivity index (χ0n) is 13.7. The standard InChI is InChI=1S/C17H23NO5/c1-5-6-12-7-8-13(14(9-12)22-4)23-10-15(19)18-16(11(2)3)17(20)21/h5,7-9,11,16H,1,6,10H2,2-4H3,(H,18,19)(H,20,21)/t16-/m1/s1. The van der Waals surface area contributed by atoms with E-state index < -0.39 is 17.9 Å². The monoisotopic (exact) mass is 321 g/mol. The lowest BCUT2D eigenvalue weighted by Gasteiger charge is -2.18. The molecular formula is C17H23NO5. The van der Waals surface area contributed by atoms with E-state index in [4.69, 9.17) is 14.6 Å². The van der Waals surface area contributed by atoms with Gasteiger partial charge >= 0.3 is 5.97 Å². The number of amides is 1. The number of hydrogen-bond donors (Lipinski definition) is 2. The molecule has 1 aromatic rings. The molecule has 0 saturated carbocycles. The van der Waals surface area contributed by atoms with Gasteiger partial charge in [0.2, 0.25) is 0 Å². The number of nitrogens with one attached hydrogen (secondary N) is 1. The third kappa shape index (κ3) is 5.65. The summed E-state index contributed by atoms with van der Waals surface area (Å²) in [6.07, 6.45) is 2.48. The van der Waals surface area contributed by atoms with Crippen LogP contribution in [-0.2, 0) is 16.0 Å². The third-order valence-corrected chi connectivity index (χ3v) is 3.22. The van der Waals surface area contributed by atoms with E-state index in [0.29, 0.717) is 17.9 Å². The molecule has 126 valence electrons. The van der Waals surface area contributed by atoms with Gasteiger partial charge in [0.15, 0.2) is 18.1 Å². The van der Waals surface area contributed by atoms with Crippen LogP contribution in [0, 0.1) is 5.92 Å². The predicted molar refractivity (Wildman–Crippen MR) is 86.8 cm³/mol. The number of carboxylic acids is 1. The van der Waals surface area contributed by atoms with Crippen LogP contribution >= 0.6 is 0 Å². The van der Waals surface area contributed by atoms with Gasteiger partial charge in [0.25, 0.3) is 5.91 Å². The lowest BCUT2D eigenvalue weighted by atomic mass is 10.1. The predicted octanol–water partition coefficient (Wildman–Crippen LogP) is 2.03. The van der Waals surface area contributed by atoms with E-state index in [9.17, 15) is 9.59 Å². The Morgan fingerprint density at radius 2 is 2.04 bits per heavy atom. The number of carbonyl (C=O) groups excluding carboxylic acids is 1. The number of benzene rings is 1. The molecule has 0 saturated heterocycles. The largest absolute Gasteiger partial charge is 0.493 e. The smallest absolute Gasteiger partial charge is 0.326 e. The number of carbonyl (C=O) groups is 2. The maximum atomic E-state index is 11.9. The van der Waals surface area contributed by atoms with Crippen molar-refractivity contribution in [3.05, 3.63) is 36.4 Å². The molecule has 1 atom stereocenters. The van der Waals surface area contributed by atoms with Gasteiger partial charge in [-0.2, -0.15) is 0 Å². The third-order valence-electron chi connectivity index (χ3n) is 3.22. The average molecular weight is 321 g/mol. The highest BCUT2D eigenvalue weighted by Crippen LogP contribution is 2.28. The summed E-state index contributed by atoms with van der Waals surface area (Å²) in [7, 11) is 1.51. The quantitative estimate of drug-likeness (QED) is 0.680. The van der Waals surface area contributed by atoms with Gasteiger partial charge in [0.1, 0.15) is 6.04 Å². The molecule has 0 spiro atoms. The second kappa shape index (κ2) is 8.82. The van der Waals surface area contributed by atoms with Crippen LogP contribution in [0.15, 0.2) is 30.9 Å². The molecular weight excluding hydrogens is 298 g/mol. The number of methoxy groups -OCH3 is 1. The van der Waals surface area contributed by atoms with Crippen molar-refractivity contribution < 1.29 is 24.2 Å². The first-order chi connectivity index (χ1) is 10.9. The van der Waals surface area contributed by atoms with Crippen LogP contribution in [0.3, 0.4) is 0 Å². The topological polar surface area (TPSA) is 84.9 Å². The fraction of sp³-hybridized carbons (Fsp3) is 0.412. The highest BCUT2D eigenvalue weighted by Gasteiger charge is 2.23. The summed E-state index contributed by atoms with van der Waals surface area (Å²) >= 11 is 0. The highest BCUT2D eigenvalue weighted by molar-refractivity contribution is 5.84. The molecule has 0 aromatic heterocycles. The summed E-state index contributed by atoms with van der Waals surface area (Å²) in [6, 6.07) is 4.43. The van der Waals surface area contributed by atoms with E-state index in [1.165, 1.54) is 7.11 Å². The first kappa shape index (κ1) is 18.5. The Hall–Kier alpha value is -2.50. The molecule has 0 unspecified atom stereocenters. The van der Waals surface area contributed by atoms with Crippen LogP contribution in [0.5, 0.6) is 11.5 Å². The summed E-state index contributed by atoms with van der Waals surface area (Å²) < 4.78 is 10.7. The van der Waals surface area contributed by atoms with E-state index in [1.54, 1.807) is 26.0 Å². The second-order valence-corrected chi connectivity index (χ2v) is 5.39. The van der Waals surface area contributed by atoms with E-state index in [2.05, 4.69) is 11.9 Å². The molecule has 0 fully saturated rings. The zero-order chi connectivity index (χ0) is 17.4. The van der Waals surface area contributed by atoms with Crippen LogP contribution in [0.1, 0.15) is 19.4 Å². The van der Waals surface area contributed by atoms with Crippen LogP contribution in [-0.4, -0.2) is 36.7 Å². The SMILES string of the molecule is C=CCc1ccc(OCC(=O)N[C@@H](C(=O)O)C(C)C)c(OC)c1. The minimum atomic E-state index is -1.07. The van der Waals surface area contributed by atoms with Crippen LogP contribution in [0.25, 0.3) is 0 Å². The second-order valence-electron chi connectivity index (χ2n) is 5.39. The number of rotatable bonds is 9.